The van der Waals surface area contributed by atoms with E-state index in [4.69, 9.17) is 9.47 Å². The van der Waals surface area contributed by atoms with Gasteiger partial charge >= 0.3 is 6.18 Å². The summed E-state index contributed by atoms with van der Waals surface area (Å²) >= 11 is 0. The van der Waals surface area contributed by atoms with Crippen LogP contribution in [0.1, 0.15) is 42.3 Å². The summed E-state index contributed by atoms with van der Waals surface area (Å²) in [5, 5.41) is 2.06. The van der Waals surface area contributed by atoms with Gasteiger partial charge in [0.25, 0.3) is 0 Å². The number of hydrogen-bond acceptors (Lipinski definition) is 2. The molecule has 0 fully saturated rings. The molecule has 0 bridgehead atoms. The summed E-state index contributed by atoms with van der Waals surface area (Å²) in [6.45, 7) is 5.46. The summed E-state index contributed by atoms with van der Waals surface area (Å²) in [5.41, 5.74) is 2.89. The third-order valence-corrected chi connectivity index (χ3v) is 5.25. The van der Waals surface area contributed by atoms with Crippen molar-refractivity contribution in [3.63, 3.8) is 0 Å². The van der Waals surface area contributed by atoms with Crippen LogP contribution in [-0.4, -0.2) is 17.8 Å². The van der Waals surface area contributed by atoms with Gasteiger partial charge in [-0.15, -0.1) is 0 Å². The molecule has 0 aliphatic carbocycles. The van der Waals surface area contributed by atoms with Crippen molar-refractivity contribution in [1.29, 1.82) is 0 Å². The van der Waals surface area contributed by atoms with E-state index in [1.807, 2.05) is 48.9 Å². The predicted molar refractivity (Wildman–Crippen MR) is 107 cm³/mol. The van der Waals surface area contributed by atoms with Gasteiger partial charge in [-0.05, 0) is 44.2 Å². The Morgan fingerprint density at radius 2 is 1.73 bits per heavy atom. The summed E-state index contributed by atoms with van der Waals surface area (Å²) < 4.78 is 53.3. The van der Waals surface area contributed by atoms with Crippen molar-refractivity contribution in [3.8, 4) is 17.2 Å². The minimum absolute atomic E-state index is 0.263. The van der Waals surface area contributed by atoms with Gasteiger partial charge in [-0.1, -0.05) is 12.1 Å². The van der Waals surface area contributed by atoms with Gasteiger partial charge in [-0.25, -0.2) is 0 Å². The molecule has 0 saturated carbocycles. The number of fused-ring (bicyclic) bond motifs is 3. The van der Waals surface area contributed by atoms with E-state index in [1.54, 1.807) is 6.07 Å². The number of quaternary nitrogens is 1. The van der Waals surface area contributed by atoms with E-state index in [1.165, 1.54) is 12.1 Å². The van der Waals surface area contributed by atoms with Gasteiger partial charge in [0.2, 0.25) is 0 Å². The van der Waals surface area contributed by atoms with Crippen LogP contribution >= 0.6 is 0 Å². The lowest BCUT2D eigenvalue weighted by molar-refractivity contribution is -0.702. The van der Waals surface area contributed by atoms with Crippen LogP contribution in [0, 0.1) is 0 Å². The fourth-order valence-corrected chi connectivity index (χ4v) is 3.96. The zero-order chi connectivity index (χ0) is 21.3. The Hall–Kier alpha value is -2.93. The Bertz CT molecular complexity index is 1040. The average Bonchev–Trinajstić information content (AvgIpc) is 3.13. The monoisotopic (exact) mass is 417 g/mol. The summed E-state index contributed by atoms with van der Waals surface area (Å²) in [7, 11) is 0. The maximum atomic E-state index is 13.3. The van der Waals surface area contributed by atoms with Crippen molar-refractivity contribution in [2.45, 2.75) is 32.6 Å². The van der Waals surface area contributed by atoms with Gasteiger partial charge in [-0.3, -0.25) is 0 Å². The number of alkyl halides is 3. The summed E-state index contributed by atoms with van der Waals surface area (Å²) in [5.74, 6) is 1.34. The predicted octanol–water partition coefficient (Wildman–Crippen LogP) is 4.46. The molecule has 1 aliphatic rings. The fraction of sp³-hybridized carbons (Fsp3) is 0.304. The van der Waals surface area contributed by atoms with E-state index >= 15 is 0 Å². The van der Waals surface area contributed by atoms with Gasteiger partial charge in [0.15, 0.2) is 17.5 Å². The lowest BCUT2D eigenvalue weighted by atomic mass is 10.0. The molecule has 0 radical (unpaired) electrons. The van der Waals surface area contributed by atoms with Crippen LogP contribution in [0.3, 0.4) is 0 Å². The van der Waals surface area contributed by atoms with Crippen molar-refractivity contribution in [2.24, 2.45) is 0 Å². The number of rotatable bonds is 5. The van der Waals surface area contributed by atoms with Gasteiger partial charge in [-0.2, -0.15) is 13.2 Å². The topological polar surface area (TPSA) is 40.0 Å². The number of hydrogen-bond donors (Lipinski definition) is 1. The molecule has 1 aromatic heterocycles. The van der Waals surface area contributed by atoms with E-state index in [0.29, 0.717) is 36.8 Å². The minimum Gasteiger partial charge on any atom is -0.490 e. The molecule has 3 aromatic rings. The standard InChI is InChI=1S/C23H23F3N2O2/c1-3-29-20-12-16-14-27-22(15-7-5-8-17(11-15)23(24,25)26)18-9-6-10-28(18)19(16)13-21(20)30-4-2/h5-13,22,27H,3-4,14H2,1-2H3/p+1. The van der Waals surface area contributed by atoms with E-state index < -0.39 is 11.7 Å². The van der Waals surface area contributed by atoms with Crippen LogP contribution in [-0.2, 0) is 12.7 Å². The molecule has 158 valence electrons. The Balaban J connectivity index is 1.80. The zero-order valence-electron chi connectivity index (χ0n) is 16.9. The fourth-order valence-electron chi connectivity index (χ4n) is 3.96. The first kappa shape index (κ1) is 20.3. The molecular weight excluding hydrogens is 393 g/mol. The summed E-state index contributed by atoms with van der Waals surface area (Å²) in [6.07, 6.45) is -2.44. The molecule has 1 unspecified atom stereocenters. The van der Waals surface area contributed by atoms with Crippen molar-refractivity contribution < 1.29 is 28.0 Å². The number of benzene rings is 2. The number of nitrogens with two attached hydrogens (primary N) is 1. The minimum atomic E-state index is -4.37. The molecule has 2 heterocycles. The molecule has 7 heteroatoms. The molecule has 4 rings (SSSR count). The van der Waals surface area contributed by atoms with E-state index in [0.717, 1.165) is 23.0 Å². The molecule has 1 atom stereocenters. The number of halogens is 3. The lowest BCUT2D eigenvalue weighted by Gasteiger charge is -2.17. The maximum absolute atomic E-state index is 13.3. The Kier molecular flexibility index (Phi) is 5.47. The molecule has 0 amide bonds. The average molecular weight is 417 g/mol. The normalized spacial score (nSPS) is 15.8. The molecule has 2 N–H and O–H groups in total. The van der Waals surface area contributed by atoms with Crippen molar-refractivity contribution in [1.82, 2.24) is 4.57 Å². The highest BCUT2D eigenvalue weighted by Gasteiger charge is 2.33. The summed E-state index contributed by atoms with van der Waals surface area (Å²) in [4.78, 5) is 0. The van der Waals surface area contributed by atoms with Crippen LogP contribution in [0.5, 0.6) is 11.5 Å². The summed E-state index contributed by atoms with van der Waals surface area (Å²) in [6, 6.07) is 13.1. The van der Waals surface area contributed by atoms with Gasteiger partial charge in [0.05, 0.1) is 30.2 Å². The van der Waals surface area contributed by atoms with Gasteiger partial charge < -0.3 is 19.4 Å². The SMILES string of the molecule is CCOc1cc2c(cc1OCC)-n1cccc1C(c1cccc(C(F)(F)F)c1)[NH2+]C2. The number of nitrogens with zero attached hydrogens (tertiary/aromatic N) is 1. The van der Waals surface area contributed by atoms with E-state index in [9.17, 15) is 13.2 Å². The maximum Gasteiger partial charge on any atom is 0.416 e. The second-order valence-electron chi connectivity index (χ2n) is 7.14. The largest absolute Gasteiger partial charge is 0.490 e. The molecule has 30 heavy (non-hydrogen) atoms. The molecule has 2 aromatic carbocycles. The van der Waals surface area contributed by atoms with Crippen LogP contribution in [0.15, 0.2) is 54.7 Å². The van der Waals surface area contributed by atoms with Crippen molar-refractivity contribution in [2.75, 3.05) is 13.2 Å². The smallest absolute Gasteiger partial charge is 0.416 e. The quantitative estimate of drug-likeness (QED) is 0.666. The number of ether oxygens (including phenoxy) is 2. The van der Waals surface area contributed by atoms with Crippen LogP contribution in [0.2, 0.25) is 0 Å². The van der Waals surface area contributed by atoms with E-state index in [-0.39, 0.29) is 6.04 Å². The van der Waals surface area contributed by atoms with Gasteiger partial charge in [0, 0.05) is 23.4 Å². The molecule has 1 aliphatic heterocycles. The molecule has 4 nitrogen and oxygen atoms in total. The second-order valence-corrected chi connectivity index (χ2v) is 7.14. The molecule has 0 saturated heterocycles. The number of aromatic nitrogens is 1. The highest BCUT2D eigenvalue weighted by atomic mass is 19.4. The third kappa shape index (κ3) is 3.77. The first-order chi connectivity index (χ1) is 14.4. The van der Waals surface area contributed by atoms with Crippen molar-refractivity contribution >= 4 is 0 Å². The molecular formula is C23H24F3N2O2+. The van der Waals surface area contributed by atoms with Crippen LogP contribution < -0.4 is 14.8 Å². The van der Waals surface area contributed by atoms with Crippen LogP contribution in [0.25, 0.3) is 5.69 Å². The van der Waals surface area contributed by atoms with Crippen molar-refractivity contribution in [3.05, 3.63) is 77.1 Å². The Morgan fingerprint density at radius 3 is 2.43 bits per heavy atom. The van der Waals surface area contributed by atoms with E-state index in [2.05, 4.69) is 5.32 Å². The highest BCUT2D eigenvalue weighted by molar-refractivity contribution is 5.56. The first-order valence-corrected chi connectivity index (χ1v) is 10.0. The zero-order valence-corrected chi connectivity index (χ0v) is 16.9. The Morgan fingerprint density at radius 1 is 1.00 bits per heavy atom. The second kappa shape index (κ2) is 8.07. The third-order valence-electron chi connectivity index (χ3n) is 5.25. The molecule has 0 spiro atoms. The lowest BCUT2D eigenvalue weighted by Crippen LogP contribution is -2.83. The van der Waals surface area contributed by atoms with Gasteiger partial charge in [0.1, 0.15) is 6.54 Å². The highest BCUT2D eigenvalue weighted by Crippen LogP contribution is 2.37. The first-order valence-electron chi connectivity index (χ1n) is 10.0. The van der Waals surface area contributed by atoms with Crippen LogP contribution in [0.4, 0.5) is 13.2 Å². The Labute approximate surface area is 173 Å².